The average molecular weight is 296 g/mol. The maximum atomic E-state index is 12.2. The van der Waals surface area contributed by atoms with E-state index in [4.69, 9.17) is 9.47 Å². The van der Waals surface area contributed by atoms with Crippen molar-refractivity contribution in [1.29, 1.82) is 0 Å². The highest BCUT2D eigenvalue weighted by molar-refractivity contribution is 5.97. The SMILES string of the molecule is CC(C)Oc1ccc2c(c1)OCN(CCO[N+](=O)[O-])C2=O. The second-order valence-electron chi connectivity index (χ2n) is 4.72. The van der Waals surface area contributed by atoms with Gasteiger partial charge in [-0.2, -0.15) is 0 Å². The summed E-state index contributed by atoms with van der Waals surface area (Å²) in [5, 5.41) is 9.19. The van der Waals surface area contributed by atoms with Crippen LogP contribution in [0.15, 0.2) is 18.2 Å². The van der Waals surface area contributed by atoms with Crippen LogP contribution in [0.4, 0.5) is 0 Å². The Balaban J connectivity index is 2.04. The van der Waals surface area contributed by atoms with Gasteiger partial charge < -0.3 is 19.2 Å². The van der Waals surface area contributed by atoms with E-state index in [0.717, 1.165) is 0 Å². The average Bonchev–Trinajstić information content (AvgIpc) is 2.40. The van der Waals surface area contributed by atoms with Gasteiger partial charge in [-0.15, -0.1) is 10.1 Å². The summed E-state index contributed by atoms with van der Waals surface area (Å²) in [6.07, 6.45) is 0.0260. The summed E-state index contributed by atoms with van der Waals surface area (Å²) in [7, 11) is 0. The van der Waals surface area contributed by atoms with Gasteiger partial charge in [0.15, 0.2) is 6.73 Å². The number of hydrogen-bond acceptors (Lipinski definition) is 6. The quantitative estimate of drug-likeness (QED) is 0.583. The van der Waals surface area contributed by atoms with Gasteiger partial charge in [0, 0.05) is 12.6 Å². The number of hydrogen-bond donors (Lipinski definition) is 0. The van der Waals surface area contributed by atoms with Gasteiger partial charge >= 0.3 is 0 Å². The monoisotopic (exact) mass is 296 g/mol. The molecule has 0 aliphatic carbocycles. The van der Waals surface area contributed by atoms with Gasteiger partial charge in [0.05, 0.1) is 11.7 Å². The second kappa shape index (κ2) is 6.29. The van der Waals surface area contributed by atoms with Gasteiger partial charge in [0.1, 0.15) is 18.1 Å². The van der Waals surface area contributed by atoms with Crippen LogP contribution in [0, 0.1) is 10.1 Å². The van der Waals surface area contributed by atoms with Crippen molar-refractivity contribution < 1.29 is 24.2 Å². The van der Waals surface area contributed by atoms with Gasteiger partial charge in [0.25, 0.3) is 11.0 Å². The molecule has 0 aromatic heterocycles. The summed E-state index contributed by atoms with van der Waals surface area (Å²) in [6, 6.07) is 4.98. The highest BCUT2D eigenvalue weighted by Crippen LogP contribution is 2.29. The summed E-state index contributed by atoms with van der Waals surface area (Å²) in [6.45, 7) is 3.73. The van der Waals surface area contributed by atoms with Gasteiger partial charge in [-0.25, -0.2) is 0 Å². The van der Waals surface area contributed by atoms with Crippen molar-refractivity contribution in [2.45, 2.75) is 20.0 Å². The molecule has 1 aromatic rings. The van der Waals surface area contributed by atoms with Crippen LogP contribution in [-0.4, -0.2) is 41.9 Å². The minimum absolute atomic E-state index is 0.0258. The Morgan fingerprint density at radius 2 is 2.24 bits per heavy atom. The van der Waals surface area contributed by atoms with Crippen LogP contribution >= 0.6 is 0 Å². The molecule has 114 valence electrons. The highest BCUT2D eigenvalue weighted by Gasteiger charge is 2.26. The molecule has 0 fully saturated rings. The molecule has 1 aliphatic rings. The minimum Gasteiger partial charge on any atom is -0.491 e. The third-order valence-corrected chi connectivity index (χ3v) is 2.78. The molecule has 0 N–H and O–H groups in total. The van der Waals surface area contributed by atoms with Crippen molar-refractivity contribution in [3.63, 3.8) is 0 Å². The molecular formula is C13H16N2O6. The van der Waals surface area contributed by atoms with Crippen LogP contribution in [0.5, 0.6) is 11.5 Å². The zero-order valence-corrected chi connectivity index (χ0v) is 11.8. The van der Waals surface area contributed by atoms with Crippen LogP contribution in [0.25, 0.3) is 0 Å². The lowest BCUT2D eigenvalue weighted by Gasteiger charge is -2.28. The van der Waals surface area contributed by atoms with Crippen molar-refractivity contribution in [3.8, 4) is 11.5 Å². The Kier molecular flexibility index (Phi) is 4.46. The molecule has 8 heteroatoms. The van der Waals surface area contributed by atoms with E-state index in [1.807, 2.05) is 13.8 Å². The van der Waals surface area contributed by atoms with Gasteiger partial charge in [0.2, 0.25) is 0 Å². The number of ether oxygens (including phenoxy) is 2. The zero-order valence-electron chi connectivity index (χ0n) is 11.8. The lowest BCUT2D eigenvalue weighted by molar-refractivity contribution is -0.757. The summed E-state index contributed by atoms with van der Waals surface area (Å²) < 4.78 is 11.0. The van der Waals surface area contributed by atoms with Gasteiger partial charge in [-0.1, -0.05) is 0 Å². The first-order valence-corrected chi connectivity index (χ1v) is 6.47. The van der Waals surface area contributed by atoms with Crippen LogP contribution in [-0.2, 0) is 4.84 Å². The number of carbonyl (C=O) groups is 1. The Labute approximate surface area is 121 Å². The van der Waals surface area contributed by atoms with E-state index in [-0.39, 0.29) is 31.9 Å². The van der Waals surface area contributed by atoms with Crippen LogP contribution < -0.4 is 9.47 Å². The van der Waals surface area contributed by atoms with Crippen molar-refractivity contribution in [2.75, 3.05) is 19.9 Å². The lowest BCUT2D eigenvalue weighted by Crippen LogP contribution is -2.40. The molecule has 1 amide bonds. The second-order valence-corrected chi connectivity index (χ2v) is 4.72. The number of carbonyl (C=O) groups excluding carboxylic acids is 1. The lowest BCUT2D eigenvalue weighted by atomic mass is 10.1. The molecule has 0 radical (unpaired) electrons. The summed E-state index contributed by atoms with van der Waals surface area (Å²) in [4.78, 5) is 27.8. The van der Waals surface area contributed by atoms with Crippen molar-refractivity contribution in [1.82, 2.24) is 4.90 Å². The van der Waals surface area contributed by atoms with Crippen molar-refractivity contribution in [3.05, 3.63) is 33.9 Å². The number of benzene rings is 1. The Hall–Kier alpha value is -2.51. The maximum absolute atomic E-state index is 12.2. The largest absolute Gasteiger partial charge is 0.491 e. The van der Waals surface area contributed by atoms with E-state index in [1.165, 1.54) is 4.90 Å². The Morgan fingerprint density at radius 1 is 1.48 bits per heavy atom. The van der Waals surface area contributed by atoms with E-state index in [0.29, 0.717) is 17.1 Å². The molecule has 1 aromatic carbocycles. The predicted octanol–water partition coefficient (Wildman–Crippen LogP) is 1.47. The first-order chi connectivity index (χ1) is 9.97. The number of amides is 1. The fraction of sp³-hybridized carbons (Fsp3) is 0.462. The molecule has 2 rings (SSSR count). The molecule has 1 heterocycles. The third kappa shape index (κ3) is 3.74. The topological polar surface area (TPSA) is 91.1 Å². The fourth-order valence-electron chi connectivity index (χ4n) is 1.91. The van der Waals surface area contributed by atoms with Gasteiger partial charge in [-0.05, 0) is 26.0 Å². The molecule has 0 saturated carbocycles. The molecule has 0 spiro atoms. The Morgan fingerprint density at radius 3 is 2.90 bits per heavy atom. The van der Waals surface area contributed by atoms with Crippen LogP contribution in [0.2, 0.25) is 0 Å². The Bertz CT molecular complexity index is 545. The predicted molar refractivity (Wildman–Crippen MR) is 71.7 cm³/mol. The molecular weight excluding hydrogens is 280 g/mol. The van der Waals surface area contributed by atoms with E-state index >= 15 is 0 Å². The number of fused-ring (bicyclic) bond motifs is 1. The molecule has 0 bridgehead atoms. The van der Waals surface area contributed by atoms with E-state index in [9.17, 15) is 14.9 Å². The number of rotatable bonds is 6. The van der Waals surface area contributed by atoms with E-state index < -0.39 is 5.09 Å². The first-order valence-electron chi connectivity index (χ1n) is 6.47. The van der Waals surface area contributed by atoms with Gasteiger partial charge in [-0.3, -0.25) is 4.79 Å². The molecule has 0 unspecified atom stereocenters. The maximum Gasteiger partial charge on any atom is 0.294 e. The number of nitrogens with zero attached hydrogens (tertiary/aromatic N) is 2. The molecule has 0 saturated heterocycles. The van der Waals surface area contributed by atoms with Crippen LogP contribution in [0.1, 0.15) is 24.2 Å². The van der Waals surface area contributed by atoms with E-state index in [2.05, 4.69) is 4.84 Å². The molecule has 8 nitrogen and oxygen atoms in total. The van der Waals surface area contributed by atoms with Crippen molar-refractivity contribution in [2.24, 2.45) is 0 Å². The highest BCUT2D eigenvalue weighted by atomic mass is 16.9. The smallest absolute Gasteiger partial charge is 0.294 e. The third-order valence-electron chi connectivity index (χ3n) is 2.78. The fourth-order valence-corrected chi connectivity index (χ4v) is 1.91. The molecule has 0 atom stereocenters. The summed E-state index contributed by atoms with van der Waals surface area (Å²) in [5.74, 6) is 0.825. The summed E-state index contributed by atoms with van der Waals surface area (Å²) in [5.41, 5.74) is 0.401. The summed E-state index contributed by atoms with van der Waals surface area (Å²) >= 11 is 0. The van der Waals surface area contributed by atoms with Crippen molar-refractivity contribution >= 4 is 5.91 Å². The molecule has 21 heavy (non-hydrogen) atoms. The molecule has 1 aliphatic heterocycles. The normalized spacial score (nSPS) is 13.7. The van der Waals surface area contributed by atoms with Crippen LogP contribution in [0.3, 0.4) is 0 Å². The standard InChI is InChI=1S/C13H16N2O6/c1-9(2)21-10-3-4-11-12(7-10)19-8-14(13(11)16)5-6-20-15(17)18/h3-4,7,9H,5-6,8H2,1-2H3. The minimum atomic E-state index is -0.890. The van der Waals surface area contributed by atoms with E-state index in [1.54, 1.807) is 18.2 Å². The zero-order chi connectivity index (χ0) is 15.4. The first kappa shape index (κ1) is 14.9.